The van der Waals surface area contributed by atoms with Gasteiger partial charge in [0.2, 0.25) is 0 Å². The van der Waals surface area contributed by atoms with Gasteiger partial charge in [0.15, 0.2) is 0 Å². The molecule has 0 aliphatic heterocycles. The molecule has 0 fully saturated rings. The summed E-state index contributed by atoms with van der Waals surface area (Å²) in [6, 6.07) is 4.61. The molecule has 4 heteroatoms. The second kappa shape index (κ2) is 9.72. The van der Waals surface area contributed by atoms with Crippen molar-refractivity contribution in [1.29, 1.82) is 0 Å². The van der Waals surface area contributed by atoms with E-state index in [2.05, 4.69) is 48.2 Å². The van der Waals surface area contributed by atoms with E-state index in [0.717, 1.165) is 44.6 Å². The van der Waals surface area contributed by atoms with E-state index >= 15 is 0 Å². The topological polar surface area (TPSA) is 48.4 Å². The van der Waals surface area contributed by atoms with Crippen molar-refractivity contribution in [3.8, 4) is 0 Å². The molecular weight excluding hydrogens is 250 g/mol. The van der Waals surface area contributed by atoms with Crippen molar-refractivity contribution in [2.45, 2.75) is 45.6 Å². The van der Waals surface area contributed by atoms with Crippen LogP contribution in [-0.4, -0.2) is 36.8 Å². The van der Waals surface area contributed by atoms with Crippen LogP contribution in [0.4, 0.5) is 5.82 Å². The molecule has 0 saturated heterocycles. The summed E-state index contributed by atoms with van der Waals surface area (Å²) in [6.07, 6.45) is 6.08. The van der Waals surface area contributed by atoms with Gasteiger partial charge in [-0.25, -0.2) is 4.98 Å². The molecule has 1 aromatic rings. The largest absolute Gasteiger partial charge is 0.396 e. The van der Waals surface area contributed by atoms with Gasteiger partial charge in [0.05, 0.1) is 0 Å². The highest BCUT2D eigenvalue weighted by Gasteiger charge is 2.08. The zero-order chi connectivity index (χ0) is 14.8. The van der Waals surface area contributed by atoms with E-state index in [-0.39, 0.29) is 6.61 Å². The Bertz CT molecular complexity index is 370. The number of unbranched alkanes of at least 4 members (excludes halogenated alkanes) is 2. The number of aliphatic hydroxyl groups excluding tert-OH is 1. The molecule has 0 radical (unpaired) electrons. The number of nitrogens with zero attached hydrogens (tertiary/aromatic N) is 2. The first-order valence-electron chi connectivity index (χ1n) is 7.70. The van der Waals surface area contributed by atoms with Crippen LogP contribution in [0.3, 0.4) is 0 Å². The number of nitrogens with one attached hydrogen (secondary N) is 1. The Balaban J connectivity index is 2.53. The highest BCUT2D eigenvalue weighted by Crippen LogP contribution is 2.17. The summed E-state index contributed by atoms with van der Waals surface area (Å²) in [5.74, 6) is 1.02. The predicted molar refractivity (Wildman–Crippen MR) is 85.2 cm³/mol. The lowest BCUT2D eigenvalue weighted by Gasteiger charge is -2.20. The lowest BCUT2D eigenvalue weighted by atomic mass is 10.1. The average Bonchev–Trinajstić information content (AvgIpc) is 2.49. The molecule has 1 atom stereocenters. The van der Waals surface area contributed by atoms with Crippen LogP contribution < -0.4 is 10.2 Å². The normalized spacial score (nSPS) is 12.4. The van der Waals surface area contributed by atoms with Crippen LogP contribution in [0.5, 0.6) is 0 Å². The summed E-state index contributed by atoms with van der Waals surface area (Å²) >= 11 is 0. The molecule has 0 aliphatic rings. The predicted octanol–water partition coefficient (Wildman–Crippen LogP) is 2.74. The van der Waals surface area contributed by atoms with Gasteiger partial charge in [-0.3, -0.25) is 0 Å². The first kappa shape index (κ1) is 16.9. The van der Waals surface area contributed by atoms with Crippen LogP contribution in [0.1, 0.15) is 51.1 Å². The number of rotatable bonds is 10. The molecule has 0 amide bonds. The van der Waals surface area contributed by atoms with Gasteiger partial charge in [-0.15, -0.1) is 0 Å². The average molecular weight is 279 g/mol. The third-order valence-electron chi connectivity index (χ3n) is 3.51. The highest BCUT2D eigenvalue weighted by atomic mass is 16.2. The Morgan fingerprint density at radius 3 is 2.85 bits per heavy atom. The Labute approximate surface area is 123 Å². The molecule has 2 N–H and O–H groups in total. The van der Waals surface area contributed by atoms with Crippen LogP contribution in [-0.2, 0) is 0 Å². The maximum atomic E-state index is 8.78. The molecule has 1 unspecified atom stereocenters. The number of hydrogen-bond acceptors (Lipinski definition) is 4. The number of aromatic nitrogens is 1. The molecule has 114 valence electrons. The number of aliphatic hydroxyl groups is 1. The third-order valence-corrected chi connectivity index (χ3v) is 3.51. The fourth-order valence-corrected chi connectivity index (χ4v) is 2.14. The molecule has 1 rings (SSSR count). The van der Waals surface area contributed by atoms with Crippen molar-refractivity contribution < 1.29 is 5.11 Å². The van der Waals surface area contributed by atoms with E-state index in [1.54, 1.807) is 0 Å². The first-order chi connectivity index (χ1) is 9.69. The van der Waals surface area contributed by atoms with Gasteiger partial charge in [-0.1, -0.05) is 6.92 Å². The Morgan fingerprint density at radius 1 is 1.35 bits per heavy atom. The smallest absolute Gasteiger partial charge is 0.128 e. The van der Waals surface area contributed by atoms with Crippen molar-refractivity contribution in [2.24, 2.45) is 0 Å². The van der Waals surface area contributed by atoms with Gasteiger partial charge >= 0.3 is 0 Å². The van der Waals surface area contributed by atoms with Crippen LogP contribution in [0, 0.1) is 0 Å². The Hall–Kier alpha value is -1.13. The first-order valence-corrected chi connectivity index (χ1v) is 7.70. The van der Waals surface area contributed by atoms with Crippen molar-refractivity contribution >= 4 is 5.82 Å². The lowest BCUT2D eigenvalue weighted by Crippen LogP contribution is -2.22. The minimum atomic E-state index is 0.290. The molecule has 1 aromatic heterocycles. The zero-order valence-corrected chi connectivity index (χ0v) is 13.1. The summed E-state index contributed by atoms with van der Waals surface area (Å²) in [5.41, 5.74) is 1.28. The van der Waals surface area contributed by atoms with Crippen molar-refractivity contribution in [1.82, 2.24) is 10.3 Å². The maximum Gasteiger partial charge on any atom is 0.128 e. The second-order valence-corrected chi connectivity index (χ2v) is 5.33. The third kappa shape index (κ3) is 5.88. The number of anilines is 1. The van der Waals surface area contributed by atoms with Gasteiger partial charge in [0.1, 0.15) is 5.82 Å². The summed E-state index contributed by atoms with van der Waals surface area (Å²) in [4.78, 5) is 6.64. The Kier molecular flexibility index (Phi) is 8.23. The molecule has 4 nitrogen and oxygen atoms in total. The fourth-order valence-electron chi connectivity index (χ4n) is 2.14. The summed E-state index contributed by atoms with van der Waals surface area (Å²) in [7, 11) is 2.08. The van der Waals surface area contributed by atoms with E-state index in [9.17, 15) is 0 Å². The monoisotopic (exact) mass is 279 g/mol. The second-order valence-electron chi connectivity index (χ2n) is 5.33. The molecular formula is C16H29N3O. The van der Waals surface area contributed by atoms with E-state index in [4.69, 9.17) is 5.11 Å². The van der Waals surface area contributed by atoms with Crippen LogP contribution in [0.2, 0.25) is 0 Å². The molecule has 0 aromatic carbocycles. The van der Waals surface area contributed by atoms with Crippen LogP contribution in [0.25, 0.3) is 0 Å². The van der Waals surface area contributed by atoms with Crippen molar-refractivity contribution in [3.63, 3.8) is 0 Å². The lowest BCUT2D eigenvalue weighted by molar-refractivity contribution is 0.283. The van der Waals surface area contributed by atoms with E-state index in [0.29, 0.717) is 6.04 Å². The molecule has 0 aliphatic carbocycles. The summed E-state index contributed by atoms with van der Waals surface area (Å²) in [5, 5.41) is 12.3. The van der Waals surface area contributed by atoms with Gasteiger partial charge in [0, 0.05) is 32.4 Å². The van der Waals surface area contributed by atoms with Gasteiger partial charge in [-0.05, 0) is 56.8 Å². The van der Waals surface area contributed by atoms with Crippen LogP contribution >= 0.6 is 0 Å². The van der Waals surface area contributed by atoms with E-state index in [1.807, 2.05) is 6.20 Å². The standard InChI is InChI=1S/C16H29N3O/c1-4-9-17-14(2)15-8-10-18-16(13-15)19(3)11-6-5-7-12-20/h8,10,13-14,17,20H,4-7,9,11-12H2,1-3H3. The van der Waals surface area contributed by atoms with Crippen molar-refractivity contribution in [3.05, 3.63) is 23.9 Å². The highest BCUT2D eigenvalue weighted by molar-refractivity contribution is 5.40. The SMILES string of the molecule is CCCNC(C)c1ccnc(N(C)CCCCCO)c1. The molecule has 0 spiro atoms. The quantitative estimate of drug-likeness (QED) is 0.647. The van der Waals surface area contributed by atoms with Gasteiger partial charge in [-0.2, -0.15) is 0 Å². The molecule has 20 heavy (non-hydrogen) atoms. The minimum Gasteiger partial charge on any atom is -0.396 e. The maximum absolute atomic E-state index is 8.78. The van der Waals surface area contributed by atoms with Crippen molar-refractivity contribution in [2.75, 3.05) is 31.6 Å². The molecule has 0 saturated carbocycles. The Morgan fingerprint density at radius 2 is 2.15 bits per heavy atom. The summed E-state index contributed by atoms with van der Waals surface area (Å²) < 4.78 is 0. The van der Waals surface area contributed by atoms with E-state index < -0.39 is 0 Å². The molecule has 1 heterocycles. The molecule has 0 bridgehead atoms. The summed E-state index contributed by atoms with van der Waals surface area (Å²) in [6.45, 7) is 6.68. The van der Waals surface area contributed by atoms with Gasteiger partial charge in [0.25, 0.3) is 0 Å². The van der Waals surface area contributed by atoms with E-state index in [1.165, 1.54) is 5.56 Å². The minimum absolute atomic E-state index is 0.290. The fraction of sp³-hybridized carbons (Fsp3) is 0.688. The zero-order valence-electron chi connectivity index (χ0n) is 13.1. The van der Waals surface area contributed by atoms with Crippen LogP contribution in [0.15, 0.2) is 18.3 Å². The number of hydrogen-bond donors (Lipinski definition) is 2. The van der Waals surface area contributed by atoms with Gasteiger partial charge < -0.3 is 15.3 Å². The number of pyridine rings is 1.